The Morgan fingerprint density at radius 3 is 2.56 bits per heavy atom. The molecule has 1 aliphatic rings. The minimum absolute atomic E-state index is 0.280. The second-order valence-corrected chi connectivity index (χ2v) is 4.53. The van der Waals surface area contributed by atoms with E-state index in [1.54, 1.807) is 0 Å². The summed E-state index contributed by atoms with van der Waals surface area (Å²) in [5.74, 6) is 1.40. The van der Waals surface area contributed by atoms with E-state index in [4.69, 9.17) is 0 Å². The van der Waals surface area contributed by atoms with Crippen LogP contribution < -0.4 is 4.90 Å². The number of rotatable bonds is 2. The molecule has 4 heteroatoms. The molecule has 0 saturated carbocycles. The zero-order valence-corrected chi connectivity index (χ0v) is 9.81. The molecule has 1 aliphatic heterocycles. The molecule has 4 nitrogen and oxygen atoms in total. The number of aromatic nitrogens is 2. The predicted octanol–water partition coefficient (Wildman–Crippen LogP) is 1.77. The molecular formula is C12H17N3O. The van der Waals surface area contributed by atoms with Gasteiger partial charge in [0.2, 0.25) is 5.95 Å². The second kappa shape index (κ2) is 4.60. The van der Waals surface area contributed by atoms with Crippen LogP contribution in [0.1, 0.15) is 38.2 Å². The first-order chi connectivity index (χ1) is 7.66. The van der Waals surface area contributed by atoms with E-state index in [9.17, 15) is 4.79 Å². The summed E-state index contributed by atoms with van der Waals surface area (Å²) in [7, 11) is 0. The Balaban J connectivity index is 2.11. The van der Waals surface area contributed by atoms with Gasteiger partial charge in [-0.05, 0) is 17.9 Å². The standard InChI is InChI=1S/C12H17N3O/c1-9(2)10-6-13-12(14-7-10)15-5-3-4-11(16)8-15/h6-7,9H,3-5,8H2,1-2H3. The Morgan fingerprint density at radius 2 is 2.00 bits per heavy atom. The van der Waals surface area contributed by atoms with Crippen LogP contribution in [0.2, 0.25) is 0 Å². The van der Waals surface area contributed by atoms with Crippen LogP contribution in [-0.4, -0.2) is 28.8 Å². The Labute approximate surface area is 95.7 Å². The third-order valence-corrected chi connectivity index (χ3v) is 2.86. The van der Waals surface area contributed by atoms with Crippen molar-refractivity contribution >= 4 is 11.7 Å². The highest BCUT2D eigenvalue weighted by molar-refractivity contribution is 5.84. The Bertz CT molecular complexity index is 372. The van der Waals surface area contributed by atoms with Gasteiger partial charge in [0.1, 0.15) is 0 Å². The van der Waals surface area contributed by atoms with Gasteiger partial charge in [-0.15, -0.1) is 0 Å². The largest absolute Gasteiger partial charge is 0.333 e. The zero-order chi connectivity index (χ0) is 11.5. The van der Waals surface area contributed by atoms with Crippen LogP contribution in [0.25, 0.3) is 0 Å². The van der Waals surface area contributed by atoms with Crippen LogP contribution in [-0.2, 0) is 4.79 Å². The molecular weight excluding hydrogens is 202 g/mol. The summed E-state index contributed by atoms with van der Waals surface area (Å²) >= 11 is 0. The number of carbonyl (C=O) groups excluding carboxylic acids is 1. The molecule has 0 unspecified atom stereocenters. The lowest BCUT2D eigenvalue weighted by atomic mass is 10.1. The molecule has 86 valence electrons. The molecule has 0 aromatic carbocycles. The molecule has 1 saturated heterocycles. The van der Waals surface area contributed by atoms with Crippen molar-refractivity contribution < 1.29 is 4.79 Å². The minimum Gasteiger partial charge on any atom is -0.333 e. The maximum absolute atomic E-state index is 11.3. The number of hydrogen-bond acceptors (Lipinski definition) is 4. The highest BCUT2D eigenvalue weighted by atomic mass is 16.1. The molecule has 1 aromatic heterocycles. The quantitative estimate of drug-likeness (QED) is 0.760. The Morgan fingerprint density at radius 1 is 1.31 bits per heavy atom. The predicted molar refractivity (Wildman–Crippen MR) is 62.6 cm³/mol. The lowest BCUT2D eigenvalue weighted by molar-refractivity contribution is -0.118. The topological polar surface area (TPSA) is 46.1 Å². The molecule has 1 aromatic rings. The van der Waals surface area contributed by atoms with Crippen LogP contribution in [0.4, 0.5) is 5.95 Å². The van der Waals surface area contributed by atoms with Gasteiger partial charge in [0.15, 0.2) is 5.78 Å². The number of carbonyl (C=O) groups is 1. The summed E-state index contributed by atoms with van der Waals surface area (Å²) in [6, 6.07) is 0. The average molecular weight is 219 g/mol. The molecule has 0 spiro atoms. The van der Waals surface area contributed by atoms with Crippen LogP contribution in [0.3, 0.4) is 0 Å². The molecule has 0 N–H and O–H groups in total. The SMILES string of the molecule is CC(C)c1cnc(N2CCCC(=O)C2)nc1. The summed E-state index contributed by atoms with van der Waals surface area (Å²) in [6.07, 6.45) is 5.31. The first-order valence-electron chi connectivity index (χ1n) is 5.75. The molecule has 0 bridgehead atoms. The van der Waals surface area contributed by atoms with Crippen LogP contribution in [0.15, 0.2) is 12.4 Å². The van der Waals surface area contributed by atoms with Gasteiger partial charge in [-0.25, -0.2) is 9.97 Å². The highest BCUT2D eigenvalue weighted by Crippen LogP contribution is 2.16. The van der Waals surface area contributed by atoms with Crippen LogP contribution in [0, 0.1) is 0 Å². The monoisotopic (exact) mass is 219 g/mol. The first-order valence-corrected chi connectivity index (χ1v) is 5.75. The van der Waals surface area contributed by atoms with Crippen molar-refractivity contribution in [3.63, 3.8) is 0 Å². The molecule has 16 heavy (non-hydrogen) atoms. The summed E-state index contributed by atoms with van der Waals surface area (Å²) in [5.41, 5.74) is 1.13. The minimum atomic E-state index is 0.280. The van der Waals surface area contributed by atoms with E-state index in [2.05, 4.69) is 23.8 Å². The number of Topliss-reactive ketones (excluding diaryl/α,β-unsaturated/α-hetero) is 1. The number of hydrogen-bond donors (Lipinski definition) is 0. The van der Waals surface area contributed by atoms with Gasteiger partial charge in [0, 0.05) is 25.4 Å². The van der Waals surface area contributed by atoms with Crippen LogP contribution in [0.5, 0.6) is 0 Å². The van der Waals surface area contributed by atoms with E-state index in [0.717, 1.165) is 18.5 Å². The number of anilines is 1. The van der Waals surface area contributed by atoms with E-state index in [0.29, 0.717) is 24.8 Å². The fourth-order valence-corrected chi connectivity index (χ4v) is 1.80. The van der Waals surface area contributed by atoms with Crippen molar-refractivity contribution in [2.45, 2.75) is 32.6 Å². The molecule has 0 atom stereocenters. The first kappa shape index (κ1) is 11.0. The molecule has 1 fully saturated rings. The normalized spacial score (nSPS) is 16.9. The third kappa shape index (κ3) is 2.38. The third-order valence-electron chi connectivity index (χ3n) is 2.86. The molecule has 0 radical (unpaired) electrons. The lowest BCUT2D eigenvalue weighted by Gasteiger charge is -2.25. The lowest BCUT2D eigenvalue weighted by Crippen LogP contribution is -2.36. The van der Waals surface area contributed by atoms with Gasteiger partial charge in [0.25, 0.3) is 0 Å². The number of ketones is 1. The fraction of sp³-hybridized carbons (Fsp3) is 0.583. The molecule has 2 rings (SSSR count). The summed E-state index contributed by atoms with van der Waals surface area (Å²) < 4.78 is 0. The Kier molecular flexibility index (Phi) is 3.17. The molecule has 0 aliphatic carbocycles. The zero-order valence-electron chi connectivity index (χ0n) is 9.81. The molecule has 2 heterocycles. The van der Waals surface area contributed by atoms with E-state index in [1.807, 2.05) is 17.3 Å². The van der Waals surface area contributed by atoms with Crippen molar-refractivity contribution in [3.8, 4) is 0 Å². The molecule has 0 amide bonds. The summed E-state index contributed by atoms with van der Waals surface area (Å²) in [5, 5.41) is 0. The fourth-order valence-electron chi connectivity index (χ4n) is 1.80. The van der Waals surface area contributed by atoms with Gasteiger partial charge in [-0.1, -0.05) is 13.8 Å². The van der Waals surface area contributed by atoms with Crippen molar-refractivity contribution in [1.29, 1.82) is 0 Å². The van der Waals surface area contributed by atoms with Gasteiger partial charge in [-0.2, -0.15) is 0 Å². The summed E-state index contributed by atoms with van der Waals surface area (Å²) in [6.45, 7) is 5.57. The van der Waals surface area contributed by atoms with Gasteiger partial charge >= 0.3 is 0 Å². The van der Waals surface area contributed by atoms with E-state index < -0.39 is 0 Å². The van der Waals surface area contributed by atoms with Crippen molar-refractivity contribution in [2.24, 2.45) is 0 Å². The number of nitrogens with zero attached hydrogens (tertiary/aromatic N) is 3. The van der Waals surface area contributed by atoms with E-state index in [1.165, 1.54) is 0 Å². The van der Waals surface area contributed by atoms with E-state index in [-0.39, 0.29) is 5.78 Å². The summed E-state index contributed by atoms with van der Waals surface area (Å²) in [4.78, 5) is 21.9. The van der Waals surface area contributed by atoms with Crippen molar-refractivity contribution in [3.05, 3.63) is 18.0 Å². The maximum atomic E-state index is 11.3. The highest BCUT2D eigenvalue weighted by Gasteiger charge is 2.18. The maximum Gasteiger partial charge on any atom is 0.225 e. The van der Waals surface area contributed by atoms with E-state index >= 15 is 0 Å². The Hall–Kier alpha value is -1.45. The van der Waals surface area contributed by atoms with Crippen molar-refractivity contribution in [1.82, 2.24) is 9.97 Å². The van der Waals surface area contributed by atoms with Gasteiger partial charge in [-0.3, -0.25) is 4.79 Å². The van der Waals surface area contributed by atoms with Crippen LogP contribution >= 0.6 is 0 Å². The van der Waals surface area contributed by atoms with Gasteiger partial charge in [0.05, 0.1) is 6.54 Å². The number of piperidine rings is 1. The second-order valence-electron chi connectivity index (χ2n) is 4.53. The smallest absolute Gasteiger partial charge is 0.225 e. The average Bonchev–Trinajstić information content (AvgIpc) is 2.29. The van der Waals surface area contributed by atoms with Crippen molar-refractivity contribution in [2.75, 3.05) is 18.0 Å². The van der Waals surface area contributed by atoms with Gasteiger partial charge < -0.3 is 4.90 Å².